The van der Waals surface area contributed by atoms with Gasteiger partial charge in [-0.3, -0.25) is 14.6 Å². The summed E-state index contributed by atoms with van der Waals surface area (Å²) in [6.07, 6.45) is 0. The summed E-state index contributed by atoms with van der Waals surface area (Å²) in [6, 6.07) is 7.79. The molecule has 0 aliphatic heterocycles. The highest BCUT2D eigenvalue weighted by Gasteiger charge is 2.18. The van der Waals surface area contributed by atoms with Crippen LogP contribution >= 0.6 is 11.3 Å². The maximum Gasteiger partial charge on any atom is 0.242 e. The summed E-state index contributed by atoms with van der Waals surface area (Å²) in [5, 5.41) is 9.79. The molecule has 1 heterocycles. The van der Waals surface area contributed by atoms with Crippen LogP contribution in [-0.2, 0) is 4.79 Å². The Kier molecular flexibility index (Phi) is 4.69. The Hall–Kier alpha value is -1.50. The van der Waals surface area contributed by atoms with Crippen molar-refractivity contribution < 1.29 is 9.90 Å². The Bertz CT molecular complexity index is 566. The number of amides is 1. The average molecular weight is 293 g/mol. The van der Waals surface area contributed by atoms with E-state index in [-0.39, 0.29) is 25.1 Å². The number of aliphatic hydroxyl groups is 1. The summed E-state index contributed by atoms with van der Waals surface area (Å²) in [6.45, 7) is 2.17. The molecular formula is C14H19N3O2S. The molecule has 0 radical (unpaired) electrons. The largest absolute Gasteiger partial charge is 0.395 e. The van der Waals surface area contributed by atoms with E-state index in [2.05, 4.69) is 4.98 Å². The summed E-state index contributed by atoms with van der Waals surface area (Å²) < 4.78 is 1.07. The number of para-hydroxylation sites is 1. The Balaban J connectivity index is 2.10. The molecule has 2 rings (SSSR count). The normalized spacial score (nSPS) is 12.8. The molecule has 2 aromatic rings. The molecule has 1 aromatic carbocycles. The number of hydrogen-bond donors (Lipinski definition) is 1. The van der Waals surface area contributed by atoms with Crippen molar-refractivity contribution in [2.75, 3.05) is 32.1 Å². The monoisotopic (exact) mass is 293 g/mol. The van der Waals surface area contributed by atoms with Gasteiger partial charge in [0.05, 0.1) is 23.4 Å². The van der Waals surface area contributed by atoms with Gasteiger partial charge in [0, 0.05) is 13.1 Å². The van der Waals surface area contributed by atoms with Gasteiger partial charge in [-0.1, -0.05) is 23.5 Å². The van der Waals surface area contributed by atoms with E-state index in [9.17, 15) is 4.79 Å². The van der Waals surface area contributed by atoms with Gasteiger partial charge in [-0.15, -0.1) is 0 Å². The predicted molar refractivity (Wildman–Crippen MR) is 82.2 cm³/mol. The van der Waals surface area contributed by atoms with E-state index in [1.807, 2.05) is 43.1 Å². The van der Waals surface area contributed by atoms with Crippen molar-refractivity contribution in [2.24, 2.45) is 0 Å². The number of rotatable bonds is 5. The zero-order valence-electron chi connectivity index (χ0n) is 11.9. The molecule has 20 heavy (non-hydrogen) atoms. The number of thiazole rings is 1. The highest BCUT2D eigenvalue weighted by Crippen LogP contribution is 2.27. The predicted octanol–water partition coefficient (Wildman–Crippen LogP) is 1.57. The third-order valence-corrected chi connectivity index (χ3v) is 4.46. The van der Waals surface area contributed by atoms with Gasteiger partial charge >= 0.3 is 0 Å². The van der Waals surface area contributed by atoms with Crippen LogP contribution < -0.4 is 4.90 Å². The van der Waals surface area contributed by atoms with Gasteiger partial charge in [0.15, 0.2) is 5.13 Å². The van der Waals surface area contributed by atoms with Crippen molar-refractivity contribution in [3.05, 3.63) is 24.3 Å². The smallest absolute Gasteiger partial charge is 0.242 e. The van der Waals surface area contributed by atoms with Gasteiger partial charge in [-0.05, 0) is 26.1 Å². The number of carbonyl (C=O) groups is 1. The summed E-state index contributed by atoms with van der Waals surface area (Å²) in [4.78, 5) is 20.1. The van der Waals surface area contributed by atoms with Gasteiger partial charge in [0.2, 0.25) is 5.91 Å². The average Bonchev–Trinajstić information content (AvgIpc) is 2.89. The standard InChI is InChI=1S/C14H19N3O2S/c1-10(9-18)16(2)8-13(19)17(3)14-15-11-6-4-5-7-12(11)20-14/h4-7,10,18H,8-9H2,1-3H3. The molecule has 0 aliphatic rings. The first-order valence-corrected chi connectivity index (χ1v) is 7.27. The number of anilines is 1. The first-order valence-electron chi connectivity index (χ1n) is 6.46. The van der Waals surface area contributed by atoms with Gasteiger partial charge in [0.1, 0.15) is 0 Å². The van der Waals surface area contributed by atoms with Crippen LogP contribution in [0.2, 0.25) is 0 Å². The fourth-order valence-corrected chi connectivity index (χ4v) is 2.67. The Labute approximate surface area is 122 Å². The van der Waals surface area contributed by atoms with E-state index < -0.39 is 0 Å². The second-order valence-corrected chi connectivity index (χ2v) is 5.87. The van der Waals surface area contributed by atoms with Crippen molar-refractivity contribution >= 4 is 32.6 Å². The summed E-state index contributed by atoms with van der Waals surface area (Å²) in [5.74, 6) is -0.0353. The minimum atomic E-state index is -0.0392. The molecule has 0 fully saturated rings. The lowest BCUT2D eigenvalue weighted by molar-refractivity contribution is -0.119. The minimum Gasteiger partial charge on any atom is -0.395 e. The fraction of sp³-hybridized carbons (Fsp3) is 0.429. The van der Waals surface area contributed by atoms with Crippen LogP contribution in [0.15, 0.2) is 24.3 Å². The molecule has 0 saturated carbocycles. The van der Waals surface area contributed by atoms with Crippen LogP contribution in [0.25, 0.3) is 10.2 Å². The van der Waals surface area contributed by atoms with Crippen LogP contribution in [0, 0.1) is 0 Å². The lowest BCUT2D eigenvalue weighted by Gasteiger charge is -2.24. The van der Waals surface area contributed by atoms with Crippen molar-refractivity contribution in [1.82, 2.24) is 9.88 Å². The molecule has 5 nitrogen and oxygen atoms in total. The van der Waals surface area contributed by atoms with Crippen LogP contribution in [0.1, 0.15) is 6.92 Å². The zero-order valence-corrected chi connectivity index (χ0v) is 12.7. The third kappa shape index (κ3) is 3.15. The maximum absolute atomic E-state index is 12.2. The number of aromatic nitrogens is 1. The SMILES string of the molecule is CC(CO)N(C)CC(=O)N(C)c1nc2ccccc2s1. The Morgan fingerprint density at radius 2 is 2.10 bits per heavy atom. The molecule has 0 spiro atoms. The highest BCUT2D eigenvalue weighted by molar-refractivity contribution is 7.22. The molecule has 1 aromatic heterocycles. The van der Waals surface area contributed by atoms with E-state index in [0.717, 1.165) is 10.2 Å². The first kappa shape index (κ1) is 14.9. The maximum atomic E-state index is 12.2. The molecule has 0 saturated heterocycles. The second-order valence-electron chi connectivity index (χ2n) is 4.86. The first-order chi connectivity index (χ1) is 9.52. The number of benzene rings is 1. The second kappa shape index (κ2) is 6.30. The van der Waals surface area contributed by atoms with Gasteiger partial charge in [-0.25, -0.2) is 4.98 Å². The van der Waals surface area contributed by atoms with Crippen molar-refractivity contribution in [3.8, 4) is 0 Å². The lowest BCUT2D eigenvalue weighted by atomic mass is 10.3. The number of likely N-dealkylation sites (N-methyl/N-ethyl adjacent to an activating group) is 2. The van der Waals surface area contributed by atoms with E-state index in [4.69, 9.17) is 5.11 Å². The van der Waals surface area contributed by atoms with Crippen LogP contribution in [-0.4, -0.2) is 54.2 Å². The van der Waals surface area contributed by atoms with Crippen molar-refractivity contribution in [2.45, 2.75) is 13.0 Å². The fourth-order valence-electron chi connectivity index (χ4n) is 1.72. The quantitative estimate of drug-likeness (QED) is 0.909. The molecule has 6 heteroatoms. The molecule has 0 aliphatic carbocycles. The number of aliphatic hydroxyl groups excluding tert-OH is 1. The van der Waals surface area contributed by atoms with Gasteiger partial charge in [-0.2, -0.15) is 0 Å². The Morgan fingerprint density at radius 3 is 2.75 bits per heavy atom. The van der Waals surface area contributed by atoms with Crippen molar-refractivity contribution in [1.29, 1.82) is 0 Å². The lowest BCUT2D eigenvalue weighted by Crippen LogP contribution is -2.41. The minimum absolute atomic E-state index is 0.0353. The molecular weight excluding hydrogens is 274 g/mol. The van der Waals surface area contributed by atoms with Crippen molar-refractivity contribution in [3.63, 3.8) is 0 Å². The van der Waals surface area contributed by atoms with Gasteiger partial charge < -0.3 is 5.11 Å². The third-order valence-electron chi connectivity index (χ3n) is 3.34. The van der Waals surface area contributed by atoms with Gasteiger partial charge in [0.25, 0.3) is 0 Å². The van der Waals surface area contributed by atoms with Crippen LogP contribution in [0.5, 0.6) is 0 Å². The summed E-state index contributed by atoms with van der Waals surface area (Å²) >= 11 is 1.50. The number of nitrogens with zero attached hydrogens (tertiary/aromatic N) is 3. The summed E-state index contributed by atoms with van der Waals surface area (Å²) in [5.41, 5.74) is 0.907. The molecule has 1 unspecified atom stereocenters. The number of fused-ring (bicyclic) bond motifs is 1. The van der Waals surface area contributed by atoms with E-state index in [1.54, 1.807) is 11.9 Å². The van der Waals surface area contributed by atoms with Crippen LogP contribution in [0.4, 0.5) is 5.13 Å². The van der Waals surface area contributed by atoms with E-state index in [1.165, 1.54) is 11.3 Å². The van der Waals surface area contributed by atoms with E-state index >= 15 is 0 Å². The highest BCUT2D eigenvalue weighted by atomic mass is 32.1. The number of carbonyl (C=O) groups excluding carboxylic acids is 1. The molecule has 1 N–H and O–H groups in total. The van der Waals surface area contributed by atoms with Crippen LogP contribution in [0.3, 0.4) is 0 Å². The molecule has 1 atom stereocenters. The molecule has 0 bridgehead atoms. The molecule has 1 amide bonds. The molecule has 108 valence electrons. The number of hydrogen-bond acceptors (Lipinski definition) is 5. The van der Waals surface area contributed by atoms with E-state index in [0.29, 0.717) is 5.13 Å². The summed E-state index contributed by atoms with van der Waals surface area (Å²) in [7, 11) is 3.56. The zero-order chi connectivity index (χ0) is 14.7. The Morgan fingerprint density at radius 1 is 1.40 bits per heavy atom. The topological polar surface area (TPSA) is 56.7 Å².